The zero-order valence-electron chi connectivity index (χ0n) is 17.0. The first-order valence-corrected chi connectivity index (χ1v) is 9.86. The number of rotatable bonds is 1. The molecule has 28 heavy (non-hydrogen) atoms. The predicted octanol–water partition coefficient (Wildman–Crippen LogP) is 4.53. The van der Waals surface area contributed by atoms with Crippen LogP contribution in [-0.2, 0) is 9.53 Å². The van der Waals surface area contributed by atoms with E-state index < -0.39 is 28.7 Å². The van der Waals surface area contributed by atoms with Gasteiger partial charge in [0.25, 0.3) is 0 Å². The van der Waals surface area contributed by atoms with Gasteiger partial charge in [-0.1, -0.05) is 5.57 Å². The number of nitrogens with zero attached hydrogens (tertiary/aromatic N) is 1. The van der Waals surface area contributed by atoms with Gasteiger partial charge in [-0.05, 0) is 66.2 Å². The number of amides is 2. The molecule has 5 nitrogen and oxygen atoms in total. The van der Waals surface area contributed by atoms with Gasteiger partial charge in [-0.25, -0.2) is 4.79 Å². The maximum absolute atomic E-state index is 13.6. The van der Waals surface area contributed by atoms with Crippen molar-refractivity contribution >= 4 is 12.0 Å². The van der Waals surface area contributed by atoms with Crippen LogP contribution in [0.3, 0.4) is 0 Å². The summed E-state index contributed by atoms with van der Waals surface area (Å²) in [4.78, 5) is 26.8. The molecule has 2 heterocycles. The van der Waals surface area contributed by atoms with Crippen molar-refractivity contribution in [3.05, 3.63) is 11.3 Å². The average molecular weight is 402 g/mol. The Morgan fingerprint density at radius 2 is 1.64 bits per heavy atom. The van der Waals surface area contributed by atoms with Gasteiger partial charge >= 0.3 is 12.3 Å². The number of alkyl halides is 3. The van der Waals surface area contributed by atoms with Crippen LogP contribution < -0.4 is 5.32 Å². The zero-order valence-corrected chi connectivity index (χ0v) is 17.0. The van der Waals surface area contributed by atoms with Crippen LogP contribution in [0.5, 0.6) is 0 Å². The Hall–Kier alpha value is -1.73. The van der Waals surface area contributed by atoms with Crippen LogP contribution in [0.4, 0.5) is 18.0 Å². The number of halogens is 3. The molecule has 1 saturated heterocycles. The molecular formula is C20H29F3N2O3. The molecule has 158 valence electrons. The van der Waals surface area contributed by atoms with Crippen LogP contribution in [0.15, 0.2) is 11.3 Å². The Morgan fingerprint density at radius 1 is 1.07 bits per heavy atom. The Balaban J connectivity index is 1.70. The van der Waals surface area contributed by atoms with E-state index in [0.29, 0.717) is 44.3 Å². The molecule has 0 radical (unpaired) electrons. The highest BCUT2D eigenvalue weighted by Gasteiger charge is 2.66. The van der Waals surface area contributed by atoms with Crippen molar-refractivity contribution in [3.63, 3.8) is 0 Å². The lowest BCUT2D eigenvalue weighted by molar-refractivity contribution is -0.177. The lowest BCUT2D eigenvalue weighted by atomic mass is 9.74. The molecule has 1 N–H and O–H groups in total. The summed E-state index contributed by atoms with van der Waals surface area (Å²) in [7, 11) is 0. The summed E-state index contributed by atoms with van der Waals surface area (Å²) in [5, 5.41) is 2.67. The molecule has 0 aromatic heterocycles. The molecule has 0 aromatic carbocycles. The van der Waals surface area contributed by atoms with Gasteiger partial charge in [0.05, 0.1) is 5.41 Å². The molecule has 8 heteroatoms. The molecule has 3 aliphatic rings. The summed E-state index contributed by atoms with van der Waals surface area (Å²) < 4.78 is 46.1. The minimum Gasteiger partial charge on any atom is -0.444 e. The highest BCUT2D eigenvalue weighted by Crippen LogP contribution is 2.63. The molecule has 1 saturated carbocycles. The SMILES string of the molecule is CC1=C(C2(C(F)(F)F)CC2)NC(=O)C2(CC1)CCN(C(=O)OC(C)(C)C)CC2. The van der Waals surface area contributed by atoms with Crippen molar-refractivity contribution in [3.8, 4) is 0 Å². The van der Waals surface area contributed by atoms with Crippen LogP contribution in [-0.4, -0.2) is 41.8 Å². The number of ether oxygens (including phenoxy) is 1. The number of hydrogen-bond acceptors (Lipinski definition) is 3. The van der Waals surface area contributed by atoms with Crippen molar-refractivity contribution in [2.75, 3.05) is 13.1 Å². The molecular weight excluding hydrogens is 373 g/mol. The number of carbonyl (C=O) groups is 2. The maximum atomic E-state index is 13.6. The second-order valence-electron chi connectivity index (χ2n) is 9.44. The number of likely N-dealkylation sites (tertiary alicyclic amines) is 1. The van der Waals surface area contributed by atoms with Crippen LogP contribution in [0.25, 0.3) is 0 Å². The van der Waals surface area contributed by atoms with Crippen molar-refractivity contribution in [2.45, 2.75) is 78.0 Å². The molecule has 0 atom stereocenters. The van der Waals surface area contributed by atoms with Crippen molar-refractivity contribution in [1.29, 1.82) is 0 Å². The Bertz CT molecular complexity index is 694. The zero-order chi connectivity index (χ0) is 21.0. The largest absolute Gasteiger partial charge is 0.444 e. The molecule has 0 unspecified atom stereocenters. The monoisotopic (exact) mass is 402 g/mol. The summed E-state index contributed by atoms with van der Waals surface area (Å²) in [6.07, 6.45) is -2.89. The lowest BCUT2D eigenvalue weighted by Crippen LogP contribution is -2.51. The van der Waals surface area contributed by atoms with Gasteiger partial charge in [0, 0.05) is 18.8 Å². The summed E-state index contributed by atoms with van der Waals surface area (Å²) in [5.41, 5.74) is -2.53. The number of nitrogens with one attached hydrogen (secondary N) is 1. The van der Waals surface area contributed by atoms with Gasteiger partial charge in [0.2, 0.25) is 5.91 Å². The molecule has 0 bridgehead atoms. The molecule has 1 spiro atoms. The summed E-state index contributed by atoms with van der Waals surface area (Å²) in [6, 6.07) is 0. The Kier molecular flexibility index (Phi) is 4.99. The van der Waals surface area contributed by atoms with Gasteiger partial charge in [-0.3, -0.25) is 4.79 Å². The van der Waals surface area contributed by atoms with Crippen molar-refractivity contribution in [1.82, 2.24) is 10.2 Å². The molecule has 3 rings (SSSR count). The van der Waals surface area contributed by atoms with E-state index in [0.717, 1.165) is 0 Å². The first kappa shape index (κ1) is 21.0. The van der Waals surface area contributed by atoms with E-state index in [4.69, 9.17) is 4.74 Å². The summed E-state index contributed by atoms with van der Waals surface area (Å²) >= 11 is 0. The predicted molar refractivity (Wildman–Crippen MR) is 97.3 cm³/mol. The second kappa shape index (κ2) is 6.66. The summed E-state index contributed by atoms with van der Waals surface area (Å²) in [5.74, 6) is -0.335. The average Bonchev–Trinajstić information content (AvgIpc) is 3.37. The number of hydrogen-bond donors (Lipinski definition) is 1. The molecule has 2 fully saturated rings. The van der Waals surface area contributed by atoms with E-state index in [1.165, 1.54) is 0 Å². The third-order valence-electron chi connectivity index (χ3n) is 6.27. The first-order chi connectivity index (χ1) is 12.8. The minimum atomic E-state index is -4.35. The highest BCUT2D eigenvalue weighted by atomic mass is 19.4. The first-order valence-electron chi connectivity index (χ1n) is 9.86. The van der Waals surface area contributed by atoms with E-state index >= 15 is 0 Å². The van der Waals surface area contributed by atoms with Gasteiger partial charge in [0.1, 0.15) is 11.0 Å². The van der Waals surface area contributed by atoms with Crippen molar-refractivity contribution < 1.29 is 27.5 Å². The van der Waals surface area contributed by atoms with Gasteiger partial charge in [0.15, 0.2) is 0 Å². The fourth-order valence-corrected chi connectivity index (χ4v) is 4.27. The fourth-order valence-electron chi connectivity index (χ4n) is 4.27. The quantitative estimate of drug-likeness (QED) is 0.701. The van der Waals surface area contributed by atoms with Crippen LogP contribution in [0.1, 0.15) is 66.2 Å². The topological polar surface area (TPSA) is 58.6 Å². The highest BCUT2D eigenvalue weighted by molar-refractivity contribution is 5.85. The molecule has 2 amide bonds. The van der Waals surface area contributed by atoms with E-state index in [9.17, 15) is 22.8 Å². The Morgan fingerprint density at radius 3 is 2.11 bits per heavy atom. The van der Waals surface area contributed by atoms with E-state index in [-0.39, 0.29) is 24.4 Å². The van der Waals surface area contributed by atoms with E-state index in [2.05, 4.69) is 5.32 Å². The third-order valence-corrected chi connectivity index (χ3v) is 6.27. The maximum Gasteiger partial charge on any atom is 0.410 e. The second-order valence-corrected chi connectivity index (χ2v) is 9.44. The number of allylic oxidation sites excluding steroid dienone is 2. The molecule has 1 aliphatic carbocycles. The van der Waals surface area contributed by atoms with Gasteiger partial charge in [-0.2, -0.15) is 13.2 Å². The van der Waals surface area contributed by atoms with E-state index in [1.54, 1.807) is 32.6 Å². The normalized spacial score (nSPS) is 24.7. The molecule has 2 aliphatic heterocycles. The summed E-state index contributed by atoms with van der Waals surface area (Å²) in [6.45, 7) is 7.79. The number of carbonyl (C=O) groups excluding carboxylic acids is 2. The van der Waals surface area contributed by atoms with Gasteiger partial charge < -0.3 is 15.0 Å². The van der Waals surface area contributed by atoms with Crippen LogP contribution in [0, 0.1) is 10.8 Å². The number of piperidine rings is 1. The fraction of sp³-hybridized carbons (Fsp3) is 0.800. The lowest BCUT2D eigenvalue weighted by Gasteiger charge is -2.40. The smallest absolute Gasteiger partial charge is 0.410 e. The standard InChI is InChI=1S/C20H29F3N2O3/c1-13-5-6-18(9-11-25(12-10-18)16(27)28-17(2,3)4)15(26)24-14(13)19(7-8-19)20(21,22)23/h5-12H2,1-4H3,(H,24,26). The van der Waals surface area contributed by atoms with Gasteiger partial charge in [-0.15, -0.1) is 0 Å². The third kappa shape index (κ3) is 3.74. The molecule has 0 aromatic rings. The van der Waals surface area contributed by atoms with E-state index in [1.807, 2.05) is 0 Å². The van der Waals surface area contributed by atoms with Crippen LogP contribution in [0.2, 0.25) is 0 Å². The van der Waals surface area contributed by atoms with Crippen LogP contribution >= 0.6 is 0 Å². The van der Waals surface area contributed by atoms with Crippen molar-refractivity contribution in [2.24, 2.45) is 10.8 Å². The Labute approximate surface area is 163 Å². The minimum absolute atomic E-state index is 0.0306.